The van der Waals surface area contributed by atoms with Crippen molar-refractivity contribution in [1.82, 2.24) is 10.2 Å². The van der Waals surface area contributed by atoms with Gasteiger partial charge in [0.2, 0.25) is 0 Å². The molecule has 1 atom stereocenters. The largest absolute Gasteiger partial charge is 0.481 e. The lowest BCUT2D eigenvalue weighted by molar-refractivity contribution is -0.137. The van der Waals surface area contributed by atoms with Crippen LogP contribution in [0.5, 0.6) is 0 Å². The number of hydrogen-bond acceptors (Lipinski definition) is 3. The molecule has 4 nitrogen and oxygen atoms in total. The molecular formula is C15H24N2O2. The van der Waals surface area contributed by atoms with Gasteiger partial charge in [-0.25, -0.2) is 0 Å². The van der Waals surface area contributed by atoms with E-state index in [2.05, 4.69) is 10.2 Å². The van der Waals surface area contributed by atoms with Crippen LogP contribution in [0.15, 0.2) is 30.3 Å². The summed E-state index contributed by atoms with van der Waals surface area (Å²) in [6, 6.07) is 10.0. The van der Waals surface area contributed by atoms with E-state index in [-0.39, 0.29) is 12.5 Å². The number of aliphatic carboxylic acids is 1. The summed E-state index contributed by atoms with van der Waals surface area (Å²) in [4.78, 5) is 13.0. The summed E-state index contributed by atoms with van der Waals surface area (Å²) in [5.41, 5.74) is 1.17. The summed E-state index contributed by atoms with van der Waals surface area (Å²) in [5.74, 6) is -0.749. The molecule has 1 aromatic rings. The van der Waals surface area contributed by atoms with Crippen LogP contribution in [0.25, 0.3) is 0 Å². The minimum atomic E-state index is -0.749. The smallest absolute Gasteiger partial charge is 0.304 e. The fourth-order valence-corrected chi connectivity index (χ4v) is 2.03. The predicted octanol–water partition coefficient (Wildman–Crippen LogP) is 1.61. The predicted molar refractivity (Wildman–Crippen MR) is 77.4 cm³/mol. The van der Waals surface area contributed by atoms with Gasteiger partial charge in [-0.3, -0.25) is 4.79 Å². The molecule has 2 N–H and O–H groups in total. The van der Waals surface area contributed by atoms with E-state index in [1.54, 1.807) is 0 Å². The maximum absolute atomic E-state index is 10.9. The normalized spacial score (nSPS) is 12.6. The SMILES string of the molecule is CN(C)CCCNC(CC(=O)O)Cc1ccccc1. The molecule has 19 heavy (non-hydrogen) atoms. The van der Waals surface area contributed by atoms with Crippen molar-refractivity contribution in [3.05, 3.63) is 35.9 Å². The zero-order valence-electron chi connectivity index (χ0n) is 11.8. The third kappa shape index (κ3) is 7.59. The van der Waals surface area contributed by atoms with Crippen molar-refractivity contribution in [2.45, 2.75) is 25.3 Å². The van der Waals surface area contributed by atoms with Gasteiger partial charge in [0.05, 0.1) is 6.42 Å². The standard InChI is InChI=1S/C15H24N2O2/c1-17(2)10-6-9-16-14(12-15(18)19)11-13-7-4-3-5-8-13/h3-5,7-8,14,16H,6,9-12H2,1-2H3,(H,18,19). The first-order valence-corrected chi connectivity index (χ1v) is 6.71. The Labute approximate surface area is 115 Å². The molecule has 0 aliphatic rings. The number of nitrogens with one attached hydrogen (secondary N) is 1. The molecule has 0 aliphatic carbocycles. The van der Waals surface area contributed by atoms with Gasteiger partial charge in [-0.15, -0.1) is 0 Å². The lowest BCUT2D eigenvalue weighted by atomic mass is 10.0. The van der Waals surface area contributed by atoms with Crippen LogP contribution in [0.2, 0.25) is 0 Å². The Morgan fingerprint density at radius 1 is 1.32 bits per heavy atom. The molecule has 1 rings (SSSR count). The Hall–Kier alpha value is -1.39. The molecule has 0 aromatic heterocycles. The summed E-state index contributed by atoms with van der Waals surface area (Å²) in [7, 11) is 4.08. The van der Waals surface area contributed by atoms with Crippen molar-refractivity contribution < 1.29 is 9.90 Å². The number of nitrogens with zero attached hydrogens (tertiary/aromatic N) is 1. The van der Waals surface area contributed by atoms with Crippen LogP contribution in [-0.4, -0.2) is 49.2 Å². The van der Waals surface area contributed by atoms with Crippen LogP contribution in [0.3, 0.4) is 0 Å². The van der Waals surface area contributed by atoms with Gasteiger partial charge in [0.25, 0.3) is 0 Å². The summed E-state index contributed by atoms with van der Waals surface area (Å²) < 4.78 is 0. The third-order valence-electron chi connectivity index (χ3n) is 2.96. The van der Waals surface area contributed by atoms with Gasteiger partial charge in [-0.05, 0) is 45.6 Å². The lowest BCUT2D eigenvalue weighted by Gasteiger charge is -2.18. The molecule has 1 unspecified atom stereocenters. The Balaban J connectivity index is 2.41. The summed E-state index contributed by atoms with van der Waals surface area (Å²) in [6.07, 6.45) is 1.95. The first-order valence-electron chi connectivity index (χ1n) is 6.71. The zero-order valence-corrected chi connectivity index (χ0v) is 11.8. The van der Waals surface area contributed by atoms with Crippen LogP contribution >= 0.6 is 0 Å². The Bertz CT molecular complexity index is 366. The monoisotopic (exact) mass is 264 g/mol. The molecule has 0 bridgehead atoms. The molecule has 1 aromatic carbocycles. The maximum Gasteiger partial charge on any atom is 0.304 e. The average Bonchev–Trinajstić information content (AvgIpc) is 2.35. The van der Waals surface area contributed by atoms with Crippen molar-refractivity contribution in [3.8, 4) is 0 Å². The van der Waals surface area contributed by atoms with Gasteiger partial charge in [0, 0.05) is 6.04 Å². The van der Waals surface area contributed by atoms with E-state index in [0.29, 0.717) is 0 Å². The molecule has 0 saturated heterocycles. The van der Waals surface area contributed by atoms with Crippen molar-refractivity contribution in [3.63, 3.8) is 0 Å². The molecule has 0 aliphatic heterocycles. The highest BCUT2D eigenvalue weighted by molar-refractivity contribution is 5.67. The van der Waals surface area contributed by atoms with E-state index in [9.17, 15) is 4.79 Å². The van der Waals surface area contributed by atoms with Crippen LogP contribution in [-0.2, 0) is 11.2 Å². The molecule has 0 heterocycles. The minimum absolute atomic E-state index is 0.00191. The highest BCUT2D eigenvalue weighted by Crippen LogP contribution is 2.06. The van der Waals surface area contributed by atoms with Crippen molar-refractivity contribution >= 4 is 5.97 Å². The van der Waals surface area contributed by atoms with E-state index in [1.165, 1.54) is 5.56 Å². The van der Waals surface area contributed by atoms with E-state index in [4.69, 9.17) is 5.11 Å². The number of hydrogen-bond donors (Lipinski definition) is 2. The van der Waals surface area contributed by atoms with Gasteiger partial charge in [-0.2, -0.15) is 0 Å². The van der Waals surface area contributed by atoms with Crippen molar-refractivity contribution in [1.29, 1.82) is 0 Å². The second kappa shape index (κ2) is 8.67. The average molecular weight is 264 g/mol. The lowest BCUT2D eigenvalue weighted by Crippen LogP contribution is -2.35. The van der Waals surface area contributed by atoms with Crippen molar-refractivity contribution in [2.24, 2.45) is 0 Å². The van der Waals surface area contributed by atoms with E-state index in [1.807, 2.05) is 44.4 Å². The third-order valence-corrected chi connectivity index (χ3v) is 2.96. The Morgan fingerprint density at radius 3 is 2.58 bits per heavy atom. The number of carboxylic acids is 1. The first kappa shape index (κ1) is 15.7. The summed E-state index contributed by atoms with van der Waals surface area (Å²) in [5, 5.41) is 12.3. The molecular weight excluding hydrogens is 240 g/mol. The molecule has 0 spiro atoms. The van der Waals surface area contributed by atoms with Gasteiger partial charge in [0.1, 0.15) is 0 Å². The van der Waals surface area contributed by atoms with Gasteiger partial charge < -0.3 is 15.3 Å². The fourth-order valence-electron chi connectivity index (χ4n) is 2.03. The van der Waals surface area contributed by atoms with Crippen LogP contribution in [0.4, 0.5) is 0 Å². The minimum Gasteiger partial charge on any atom is -0.481 e. The van der Waals surface area contributed by atoms with Crippen LogP contribution in [0, 0.1) is 0 Å². The second-order valence-electron chi connectivity index (χ2n) is 5.10. The Morgan fingerprint density at radius 2 is 2.00 bits per heavy atom. The second-order valence-corrected chi connectivity index (χ2v) is 5.10. The van der Waals surface area contributed by atoms with E-state index in [0.717, 1.165) is 25.9 Å². The zero-order chi connectivity index (χ0) is 14.1. The maximum atomic E-state index is 10.9. The highest BCUT2D eigenvalue weighted by atomic mass is 16.4. The molecule has 0 amide bonds. The highest BCUT2D eigenvalue weighted by Gasteiger charge is 2.13. The first-order chi connectivity index (χ1) is 9.08. The summed E-state index contributed by atoms with van der Waals surface area (Å²) in [6.45, 7) is 1.86. The number of benzene rings is 1. The van der Waals surface area contributed by atoms with Gasteiger partial charge in [0.15, 0.2) is 0 Å². The van der Waals surface area contributed by atoms with Gasteiger partial charge >= 0.3 is 5.97 Å². The Kier molecular flexibility index (Phi) is 7.15. The van der Waals surface area contributed by atoms with Crippen molar-refractivity contribution in [2.75, 3.05) is 27.2 Å². The molecule has 106 valence electrons. The molecule has 0 saturated carbocycles. The van der Waals surface area contributed by atoms with Crippen LogP contribution in [0.1, 0.15) is 18.4 Å². The van der Waals surface area contributed by atoms with E-state index < -0.39 is 5.97 Å². The number of carbonyl (C=O) groups is 1. The van der Waals surface area contributed by atoms with E-state index >= 15 is 0 Å². The number of rotatable bonds is 9. The summed E-state index contributed by atoms with van der Waals surface area (Å²) >= 11 is 0. The topological polar surface area (TPSA) is 52.6 Å². The molecule has 4 heteroatoms. The fraction of sp³-hybridized carbons (Fsp3) is 0.533. The van der Waals surface area contributed by atoms with Crippen LogP contribution < -0.4 is 5.32 Å². The quantitative estimate of drug-likeness (QED) is 0.665. The molecule has 0 fully saturated rings. The molecule has 0 radical (unpaired) electrons. The number of carboxylic acid groups (broad SMARTS) is 1. The van der Waals surface area contributed by atoms with Gasteiger partial charge in [-0.1, -0.05) is 30.3 Å².